The van der Waals surface area contributed by atoms with Crippen LogP contribution in [0.3, 0.4) is 0 Å². The van der Waals surface area contributed by atoms with Gasteiger partial charge < -0.3 is 15.0 Å². The lowest BCUT2D eigenvalue weighted by Crippen LogP contribution is -2.48. The van der Waals surface area contributed by atoms with Crippen molar-refractivity contribution < 1.29 is 19.1 Å². The zero-order valence-corrected chi connectivity index (χ0v) is 14.0. The van der Waals surface area contributed by atoms with Gasteiger partial charge in [0.2, 0.25) is 5.91 Å². The zero-order valence-electron chi connectivity index (χ0n) is 14.0. The van der Waals surface area contributed by atoms with E-state index in [4.69, 9.17) is 4.74 Å². The molecule has 4 amide bonds. The van der Waals surface area contributed by atoms with Gasteiger partial charge in [-0.05, 0) is 25.3 Å². The minimum absolute atomic E-state index is 0.166. The number of carbonyl (C=O) groups excluding carboxylic acids is 3. The maximum atomic E-state index is 13.1. The molecule has 1 atom stereocenters. The number of amides is 4. The Balaban J connectivity index is 1.58. The number of hydrogen-bond donors (Lipinski definition) is 1. The molecule has 0 bridgehead atoms. The number of hydrogen-bond acceptors (Lipinski definition) is 4. The van der Waals surface area contributed by atoms with Crippen LogP contribution in [-0.4, -0.2) is 53.9 Å². The first kappa shape index (κ1) is 15.9. The summed E-state index contributed by atoms with van der Waals surface area (Å²) in [6.45, 7) is 1.54. The van der Waals surface area contributed by atoms with Crippen LogP contribution in [0.15, 0.2) is 24.3 Å². The van der Waals surface area contributed by atoms with Crippen LogP contribution in [-0.2, 0) is 15.1 Å². The molecule has 3 heterocycles. The van der Waals surface area contributed by atoms with Gasteiger partial charge in [0.1, 0.15) is 12.3 Å². The highest BCUT2D eigenvalue weighted by atomic mass is 16.5. The molecule has 0 radical (unpaired) electrons. The average molecular weight is 343 g/mol. The molecule has 7 nitrogen and oxygen atoms in total. The molecule has 0 aromatic heterocycles. The molecule has 2 saturated heterocycles. The molecular formula is C18H21N3O4. The van der Waals surface area contributed by atoms with E-state index in [0.29, 0.717) is 37.4 Å². The lowest BCUT2D eigenvalue weighted by Gasteiger charge is -2.33. The van der Waals surface area contributed by atoms with E-state index in [9.17, 15) is 14.4 Å². The Hall–Kier alpha value is -2.57. The number of carbonyl (C=O) groups is 3. The number of likely N-dealkylation sites (tertiary alicyclic amines) is 1. The van der Waals surface area contributed by atoms with Crippen molar-refractivity contribution in [2.24, 2.45) is 0 Å². The van der Waals surface area contributed by atoms with Crippen molar-refractivity contribution in [2.75, 3.05) is 26.2 Å². The molecule has 25 heavy (non-hydrogen) atoms. The highest BCUT2D eigenvalue weighted by Gasteiger charge is 2.55. The van der Waals surface area contributed by atoms with E-state index >= 15 is 0 Å². The van der Waals surface area contributed by atoms with Crippen LogP contribution in [0.5, 0.6) is 5.75 Å². The second-order valence-electron chi connectivity index (χ2n) is 6.76. The standard InChI is InChI=1S/C18H21N3O4/c22-15(20-9-4-1-5-10-20)12-21-16(23)18(19-17(21)24)8-11-25-14-7-3-2-6-13(14)18/h2-3,6-7H,1,4-5,8-12H2,(H,19,24)/t18-/m1/s1. The molecular weight excluding hydrogens is 322 g/mol. The van der Waals surface area contributed by atoms with Crippen LogP contribution < -0.4 is 10.1 Å². The Kier molecular flexibility index (Phi) is 3.86. The second kappa shape index (κ2) is 6.06. The fraction of sp³-hybridized carbons (Fsp3) is 0.500. The number of piperidine rings is 1. The number of para-hydroxylation sites is 1. The number of urea groups is 1. The Morgan fingerprint density at radius 1 is 1.16 bits per heavy atom. The Morgan fingerprint density at radius 2 is 1.92 bits per heavy atom. The highest BCUT2D eigenvalue weighted by molar-refractivity contribution is 6.09. The number of nitrogens with zero attached hydrogens (tertiary/aromatic N) is 2. The quantitative estimate of drug-likeness (QED) is 0.819. The van der Waals surface area contributed by atoms with Crippen molar-refractivity contribution in [3.05, 3.63) is 29.8 Å². The summed E-state index contributed by atoms with van der Waals surface area (Å²) >= 11 is 0. The molecule has 2 fully saturated rings. The largest absolute Gasteiger partial charge is 0.493 e. The van der Waals surface area contributed by atoms with Crippen LogP contribution >= 0.6 is 0 Å². The Bertz CT molecular complexity index is 729. The SMILES string of the molecule is O=C(CN1C(=O)N[C@@]2(CCOc3ccccc32)C1=O)N1CCCCC1. The molecule has 0 saturated carbocycles. The third kappa shape index (κ3) is 2.54. The molecule has 3 aliphatic heterocycles. The van der Waals surface area contributed by atoms with Gasteiger partial charge in [-0.25, -0.2) is 4.79 Å². The lowest BCUT2D eigenvalue weighted by atomic mass is 9.84. The summed E-state index contributed by atoms with van der Waals surface area (Å²) in [7, 11) is 0. The maximum absolute atomic E-state index is 13.1. The van der Waals surface area contributed by atoms with Crippen molar-refractivity contribution in [2.45, 2.75) is 31.2 Å². The van der Waals surface area contributed by atoms with Gasteiger partial charge in [-0.2, -0.15) is 0 Å². The van der Waals surface area contributed by atoms with Crippen LogP contribution in [0.4, 0.5) is 4.79 Å². The van der Waals surface area contributed by atoms with Crippen molar-refractivity contribution in [1.29, 1.82) is 0 Å². The molecule has 3 aliphatic rings. The van der Waals surface area contributed by atoms with Gasteiger partial charge in [0.05, 0.1) is 6.61 Å². The number of benzene rings is 1. The third-order valence-electron chi connectivity index (χ3n) is 5.26. The summed E-state index contributed by atoms with van der Waals surface area (Å²) in [5.41, 5.74) is -0.457. The van der Waals surface area contributed by atoms with E-state index in [1.54, 1.807) is 17.0 Å². The molecule has 1 spiro atoms. The van der Waals surface area contributed by atoms with E-state index in [-0.39, 0.29) is 18.4 Å². The van der Waals surface area contributed by atoms with Gasteiger partial charge in [0, 0.05) is 25.1 Å². The summed E-state index contributed by atoms with van der Waals surface area (Å²) < 4.78 is 5.61. The summed E-state index contributed by atoms with van der Waals surface area (Å²) in [6, 6.07) is 6.72. The van der Waals surface area contributed by atoms with Gasteiger partial charge in [0.25, 0.3) is 5.91 Å². The number of fused-ring (bicyclic) bond motifs is 2. The molecule has 7 heteroatoms. The predicted octanol–water partition coefficient (Wildman–Crippen LogP) is 1.23. The van der Waals surface area contributed by atoms with Crippen molar-refractivity contribution >= 4 is 17.8 Å². The zero-order chi connectivity index (χ0) is 17.4. The van der Waals surface area contributed by atoms with E-state index in [2.05, 4.69) is 5.32 Å². The first-order valence-electron chi connectivity index (χ1n) is 8.76. The third-order valence-corrected chi connectivity index (χ3v) is 5.26. The fourth-order valence-electron chi connectivity index (χ4n) is 3.89. The summed E-state index contributed by atoms with van der Waals surface area (Å²) in [6.07, 6.45) is 3.43. The summed E-state index contributed by atoms with van der Waals surface area (Å²) in [4.78, 5) is 40.8. The number of ether oxygens (including phenoxy) is 1. The van der Waals surface area contributed by atoms with Gasteiger partial charge in [-0.15, -0.1) is 0 Å². The van der Waals surface area contributed by atoms with E-state index in [1.807, 2.05) is 12.1 Å². The first-order chi connectivity index (χ1) is 12.1. The monoisotopic (exact) mass is 343 g/mol. The normalized spacial score (nSPS) is 25.6. The van der Waals surface area contributed by atoms with Crippen LogP contribution in [0.1, 0.15) is 31.2 Å². The molecule has 1 N–H and O–H groups in total. The van der Waals surface area contributed by atoms with Gasteiger partial charge in [-0.1, -0.05) is 18.2 Å². The van der Waals surface area contributed by atoms with Gasteiger partial charge in [-0.3, -0.25) is 14.5 Å². The smallest absolute Gasteiger partial charge is 0.325 e. The number of nitrogens with one attached hydrogen (secondary N) is 1. The Labute approximate surface area is 145 Å². The van der Waals surface area contributed by atoms with E-state index in [1.165, 1.54) is 0 Å². The summed E-state index contributed by atoms with van der Waals surface area (Å²) in [5, 5.41) is 2.82. The minimum Gasteiger partial charge on any atom is -0.493 e. The average Bonchev–Trinajstić information content (AvgIpc) is 2.88. The molecule has 0 aliphatic carbocycles. The van der Waals surface area contributed by atoms with Crippen LogP contribution in [0.25, 0.3) is 0 Å². The number of rotatable bonds is 2. The van der Waals surface area contributed by atoms with Crippen molar-refractivity contribution in [3.8, 4) is 5.75 Å². The topological polar surface area (TPSA) is 79.0 Å². The molecule has 0 unspecified atom stereocenters. The van der Waals surface area contributed by atoms with E-state index < -0.39 is 11.6 Å². The molecule has 1 aromatic carbocycles. The maximum Gasteiger partial charge on any atom is 0.325 e. The molecule has 1 aromatic rings. The van der Waals surface area contributed by atoms with E-state index in [0.717, 1.165) is 24.2 Å². The highest BCUT2D eigenvalue weighted by Crippen LogP contribution is 2.40. The first-order valence-corrected chi connectivity index (χ1v) is 8.76. The fourth-order valence-corrected chi connectivity index (χ4v) is 3.89. The summed E-state index contributed by atoms with van der Waals surface area (Å²) in [5.74, 6) is 0.0748. The lowest BCUT2D eigenvalue weighted by molar-refractivity contribution is -0.140. The minimum atomic E-state index is -1.12. The number of imide groups is 1. The molecule has 132 valence electrons. The van der Waals surface area contributed by atoms with Crippen molar-refractivity contribution in [1.82, 2.24) is 15.1 Å². The van der Waals surface area contributed by atoms with Crippen molar-refractivity contribution in [3.63, 3.8) is 0 Å². The van der Waals surface area contributed by atoms with Gasteiger partial charge >= 0.3 is 6.03 Å². The second-order valence-corrected chi connectivity index (χ2v) is 6.76. The van der Waals surface area contributed by atoms with Crippen LogP contribution in [0, 0.1) is 0 Å². The van der Waals surface area contributed by atoms with Crippen LogP contribution in [0.2, 0.25) is 0 Å². The van der Waals surface area contributed by atoms with Gasteiger partial charge in [0.15, 0.2) is 5.54 Å². The molecule has 4 rings (SSSR count). The predicted molar refractivity (Wildman–Crippen MR) is 88.9 cm³/mol. The Morgan fingerprint density at radius 3 is 2.72 bits per heavy atom.